The van der Waals surface area contributed by atoms with Gasteiger partial charge in [-0.15, -0.1) is 0 Å². The summed E-state index contributed by atoms with van der Waals surface area (Å²) >= 11 is 1.15. The lowest BCUT2D eigenvalue weighted by Crippen LogP contribution is -2.19. The Morgan fingerprint density at radius 1 is 1.00 bits per heavy atom. The van der Waals surface area contributed by atoms with Crippen molar-refractivity contribution in [2.75, 3.05) is 31.6 Å². The number of benzene rings is 2. The van der Waals surface area contributed by atoms with Gasteiger partial charge in [0.15, 0.2) is 0 Å². The van der Waals surface area contributed by atoms with E-state index in [-0.39, 0.29) is 10.6 Å². The van der Waals surface area contributed by atoms with Crippen molar-refractivity contribution in [1.82, 2.24) is 10.3 Å². The van der Waals surface area contributed by atoms with Crippen molar-refractivity contribution in [3.05, 3.63) is 57.2 Å². The van der Waals surface area contributed by atoms with Gasteiger partial charge in [0.2, 0.25) is 0 Å². The fourth-order valence-corrected chi connectivity index (χ4v) is 4.51. The molecular weight excluding hydrogens is 440 g/mol. The summed E-state index contributed by atoms with van der Waals surface area (Å²) in [5, 5.41) is 15.9. The Balaban J connectivity index is 1.18. The molecular formula is C24H32N4O4S. The van der Waals surface area contributed by atoms with Crippen molar-refractivity contribution in [2.24, 2.45) is 5.73 Å². The molecule has 2 aromatic carbocycles. The van der Waals surface area contributed by atoms with E-state index >= 15 is 0 Å². The Morgan fingerprint density at radius 2 is 1.79 bits per heavy atom. The number of amides is 2. The number of phenolic OH excluding ortho intramolecular Hbond substituents is 1. The van der Waals surface area contributed by atoms with Crippen LogP contribution in [0.3, 0.4) is 0 Å². The second-order valence-corrected chi connectivity index (χ2v) is 8.91. The first-order chi connectivity index (χ1) is 16.0. The number of fused-ring (bicyclic) bond motifs is 1. The van der Waals surface area contributed by atoms with E-state index in [1.165, 1.54) is 0 Å². The lowest BCUT2D eigenvalue weighted by molar-refractivity contribution is 0.133. The highest BCUT2D eigenvalue weighted by Gasteiger charge is 2.09. The Bertz CT molecular complexity index is 1080. The summed E-state index contributed by atoms with van der Waals surface area (Å²) < 4.78 is 6.57. The van der Waals surface area contributed by atoms with E-state index in [2.05, 4.69) is 15.6 Å². The van der Waals surface area contributed by atoms with Gasteiger partial charge in [0.1, 0.15) is 11.3 Å². The SMILES string of the molecule is NC(=O)Nc1ccc(CCOCCCCCCNCCc2ccc(O)c3[nH]c(=O)sc23)cc1. The maximum absolute atomic E-state index is 11.6. The van der Waals surface area contributed by atoms with Gasteiger partial charge in [0.05, 0.1) is 11.3 Å². The van der Waals surface area contributed by atoms with Gasteiger partial charge < -0.3 is 31.2 Å². The van der Waals surface area contributed by atoms with Crippen LogP contribution in [-0.4, -0.2) is 42.4 Å². The molecule has 0 saturated heterocycles. The van der Waals surface area contributed by atoms with Gasteiger partial charge in [0, 0.05) is 12.3 Å². The molecule has 1 aromatic heterocycles. The van der Waals surface area contributed by atoms with Crippen LogP contribution in [0.25, 0.3) is 10.2 Å². The largest absolute Gasteiger partial charge is 0.506 e. The molecule has 0 bridgehead atoms. The molecule has 1 heterocycles. The number of aromatic nitrogens is 1. The van der Waals surface area contributed by atoms with E-state index in [0.717, 1.165) is 85.4 Å². The minimum Gasteiger partial charge on any atom is -0.506 e. The molecule has 9 heteroatoms. The van der Waals surface area contributed by atoms with Crippen LogP contribution in [0.15, 0.2) is 41.2 Å². The highest BCUT2D eigenvalue weighted by molar-refractivity contribution is 7.16. The summed E-state index contributed by atoms with van der Waals surface area (Å²) in [6.45, 7) is 3.26. The van der Waals surface area contributed by atoms with Crippen molar-refractivity contribution in [3.63, 3.8) is 0 Å². The summed E-state index contributed by atoms with van der Waals surface area (Å²) in [5.41, 5.74) is 8.57. The second kappa shape index (κ2) is 13.0. The number of nitrogens with two attached hydrogens (primary N) is 1. The lowest BCUT2D eigenvalue weighted by atomic mass is 10.1. The van der Waals surface area contributed by atoms with Crippen LogP contribution in [0.5, 0.6) is 5.75 Å². The molecule has 178 valence electrons. The number of primary amides is 1. The Labute approximate surface area is 197 Å². The number of phenols is 1. The van der Waals surface area contributed by atoms with Crippen molar-refractivity contribution in [1.29, 1.82) is 0 Å². The molecule has 0 atom stereocenters. The van der Waals surface area contributed by atoms with E-state index in [0.29, 0.717) is 17.8 Å². The Morgan fingerprint density at radius 3 is 2.58 bits per heavy atom. The number of aromatic hydroxyl groups is 1. The molecule has 0 radical (unpaired) electrons. The number of thiazole rings is 1. The smallest absolute Gasteiger partial charge is 0.316 e. The van der Waals surface area contributed by atoms with Gasteiger partial charge in [-0.2, -0.15) is 0 Å². The molecule has 0 fully saturated rings. The molecule has 0 aliphatic rings. The predicted octanol–water partition coefficient (Wildman–Crippen LogP) is 3.74. The first-order valence-electron chi connectivity index (χ1n) is 11.3. The van der Waals surface area contributed by atoms with Crippen LogP contribution in [0.4, 0.5) is 10.5 Å². The van der Waals surface area contributed by atoms with Gasteiger partial charge in [-0.1, -0.05) is 42.4 Å². The van der Waals surface area contributed by atoms with Crippen LogP contribution in [0.1, 0.15) is 36.8 Å². The number of carbonyl (C=O) groups is 1. The molecule has 3 aromatic rings. The van der Waals surface area contributed by atoms with Gasteiger partial charge in [-0.3, -0.25) is 4.79 Å². The van der Waals surface area contributed by atoms with Crippen LogP contribution in [0, 0.1) is 0 Å². The van der Waals surface area contributed by atoms with Gasteiger partial charge in [-0.25, -0.2) is 4.79 Å². The number of hydrogen-bond acceptors (Lipinski definition) is 6. The third kappa shape index (κ3) is 8.20. The summed E-state index contributed by atoms with van der Waals surface area (Å²) in [6.07, 6.45) is 6.14. The average molecular weight is 473 g/mol. The maximum atomic E-state index is 11.6. The molecule has 0 unspecified atom stereocenters. The minimum absolute atomic E-state index is 0.123. The van der Waals surface area contributed by atoms with Crippen molar-refractivity contribution >= 4 is 33.3 Å². The van der Waals surface area contributed by atoms with Gasteiger partial charge >= 0.3 is 10.9 Å². The Kier molecular flexibility index (Phi) is 9.74. The number of hydrogen-bond donors (Lipinski definition) is 5. The standard InChI is InChI=1S/C24H32N4O4S/c25-23(30)27-19-8-5-17(6-9-19)12-16-32-15-4-2-1-3-13-26-14-11-18-7-10-20(29)21-22(18)33-24(31)28-21/h5-10,26,29H,1-4,11-16H2,(H,28,31)(H3,25,27,30). The van der Waals surface area contributed by atoms with Crippen molar-refractivity contribution in [2.45, 2.75) is 38.5 Å². The number of carbonyl (C=O) groups excluding carboxylic acids is 1. The average Bonchev–Trinajstić information content (AvgIpc) is 3.19. The number of ether oxygens (including phenoxy) is 1. The lowest BCUT2D eigenvalue weighted by Gasteiger charge is -2.07. The van der Waals surface area contributed by atoms with Crippen LogP contribution >= 0.6 is 11.3 Å². The van der Waals surface area contributed by atoms with Gasteiger partial charge in [0.25, 0.3) is 0 Å². The number of urea groups is 1. The predicted molar refractivity (Wildman–Crippen MR) is 133 cm³/mol. The minimum atomic E-state index is -0.561. The molecule has 3 rings (SSSR count). The van der Waals surface area contributed by atoms with E-state index in [4.69, 9.17) is 10.5 Å². The number of aromatic amines is 1. The van der Waals surface area contributed by atoms with Crippen molar-refractivity contribution in [3.8, 4) is 5.75 Å². The molecule has 2 amide bonds. The van der Waals surface area contributed by atoms with Crippen molar-refractivity contribution < 1.29 is 14.6 Å². The second-order valence-electron chi connectivity index (χ2n) is 7.93. The normalized spacial score (nSPS) is 11.2. The number of rotatable bonds is 14. The van der Waals surface area contributed by atoms with E-state index in [1.54, 1.807) is 6.07 Å². The number of anilines is 1. The topological polar surface area (TPSA) is 129 Å². The van der Waals surface area contributed by atoms with Crippen LogP contribution in [0.2, 0.25) is 0 Å². The highest BCUT2D eigenvalue weighted by atomic mass is 32.1. The number of nitrogens with one attached hydrogen (secondary N) is 3. The molecule has 0 spiro atoms. The third-order valence-electron chi connectivity index (χ3n) is 5.36. The monoisotopic (exact) mass is 472 g/mol. The number of unbranched alkanes of at least 4 members (excludes halogenated alkanes) is 3. The molecule has 0 aliphatic heterocycles. The fraction of sp³-hybridized carbons (Fsp3) is 0.417. The zero-order valence-electron chi connectivity index (χ0n) is 18.7. The molecule has 0 saturated carbocycles. The first-order valence-corrected chi connectivity index (χ1v) is 12.1. The molecule has 8 nitrogen and oxygen atoms in total. The summed E-state index contributed by atoms with van der Waals surface area (Å²) in [4.78, 5) is 24.9. The van der Waals surface area contributed by atoms with E-state index in [9.17, 15) is 14.7 Å². The summed E-state index contributed by atoms with van der Waals surface area (Å²) in [7, 11) is 0. The highest BCUT2D eigenvalue weighted by Crippen LogP contribution is 2.27. The fourth-order valence-electron chi connectivity index (χ4n) is 3.61. The zero-order valence-corrected chi connectivity index (χ0v) is 19.5. The van der Waals surface area contributed by atoms with Crippen LogP contribution in [-0.2, 0) is 17.6 Å². The Hall–Kier alpha value is -2.88. The summed E-state index contributed by atoms with van der Waals surface area (Å²) in [6, 6.07) is 10.6. The van der Waals surface area contributed by atoms with Gasteiger partial charge in [-0.05, 0) is 68.1 Å². The maximum Gasteiger partial charge on any atom is 0.316 e. The summed E-state index contributed by atoms with van der Waals surface area (Å²) in [5.74, 6) is 0.123. The van der Waals surface area contributed by atoms with Crippen LogP contribution < -0.4 is 21.2 Å². The molecule has 0 aliphatic carbocycles. The molecule has 33 heavy (non-hydrogen) atoms. The van der Waals surface area contributed by atoms with E-state index < -0.39 is 6.03 Å². The third-order valence-corrected chi connectivity index (χ3v) is 6.32. The quantitative estimate of drug-likeness (QED) is 0.228. The first kappa shape index (κ1) is 24.8. The molecule has 6 N–H and O–H groups in total. The van der Waals surface area contributed by atoms with E-state index in [1.807, 2.05) is 30.3 Å². The zero-order chi connectivity index (χ0) is 23.5. The number of H-pyrrole nitrogens is 1.